The van der Waals surface area contributed by atoms with Gasteiger partial charge in [-0.25, -0.2) is 0 Å². The molecule has 1 aliphatic heterocycles. The minimum Gasteiger partial charge on any atom is -0.347 e. The molecule has 1 aliphatic rings. The molecular formula is C9H15F3N2O. The van der Waals surface area contributed by atoms with E-state index in [0.29, 0.717) is 6.42 Å². The summed E-state index contributed by atoms with van der Waals surface area (Å²) < 4.78 is 40.4. The molecule has 0 spiro atoms. The van der Waals surface area contributed by atoms with E-state index in [-0.39, 0.29) is 12.1 Å². The quantitative estimate of drug-likeness (QED) is 0.775. The van der Waals surface area contributed by atoms with Crippen LogP contribution in [0.1, 0.15) is 20.3 Å². The highest BCUT2D eigenvalue weighted by atomic mass is 19.4. The predicted molar refractivity (Wildman–Crippen MR) is 51.0 cm³/mol. The number of nitrogens with zero attached hydrogens (tertiary/aromatic N) is 1. The van der Waals surface area contributed by atoms with Crippen molar-refractivity contribution in [3.05, 3.63) is 0 Å². The number of aliphatic imine (C=N–C) groups is 1. The Kier molecular flexibility index (Phi) is 4.10. The third-order valence-corrected chi connectivity index (χ3v) is 2.02. The van der Waals surface area contributed by atoms with Crippen LogP contribution in [0, 0.1) is 0 Å². The fraction of sp³-hybridized carbons (Fsp3) is 0.889. The van der Waals surface area contributed by atoms with E-state index < -0.39 is 19.0 Å². The molecule has 0 fully saturated rings. The molecule has 1 rings (SSSR count). The highest BCUT2D eigenvalue weighted by Gasteiger charge is 2.30. The first kappa shape index (κ1) is 12.4. The van der Waals surface area contributed by atoms with Crippen LogP contribution in [0.15, 0.2) is 4.99 Å². The summed E-state index contributed by atoms with van der Waals surface area (Å²) in [5.74, 6) is 0. The van der Waals surface area contributed by atoms with Crippen molar-refractivity contribution >= 4 is 6.21 Å². The van der Waals surface area contributed by atoms with E-state index in [2.05, 4.69) is 15.0 Å². The zero-order valence-electron chi connectivity index (χ0n) is 8.71. The van der Waals surface area contributed by atoms with Gasteiger partial charge in [-0.05, 0) is 13.8 Å². The number of ether oxygens (including phenoxy) is 1. The molecule has 0 radical (unpaired) electrons. The van der Waals surface area contributed by atoms with E-state index in [9.17, 15) is 13.2 Å². The molecule has 3 atom stereocenters. The molecule has 88 valence electrons. The lowest BCUT2D eigenvalue weighted by Crippen LogP contribution is -2.35. The second kappa shape index (κ2) is 4.94. The molecule has 0 aromatic heterocycles. The van der Waals surface area contributed by atoms with Crippen molar-refractivity contribution in [3.8, 4) is 0 Å². The maximum atomic E-state index is 11.9. The fourth-order valence-electron chi connectivity index (χ4n) is 1.45. The molecule has 3 unspecified atom stereocenters. The first-order chi connectivity index (χ1) is 6.87. The van der Waals surface area contributed by atoms with Crippen LogP contribution in [0.5, 0.6) is 0 Å². The molecule has 3 nitrogen and oxygen atoms in total. The van der Waals surface area contributed by atoms with E-state index in [1.165, 1.54) is 0 Å². The highest BCUT2D eigenvalue weighted by Crippen LogP contribution is 2.17. The van der Waals surface area contributed by atoms with Crippen LogP contribution in [-0.4, -0.2) is 37.3 Å². The summed E-state index contributed by atoms with van der Waals surface area (Å²) in [4.78, 5) is 3.95. The summed E-state index contributed by atoms with van der Waals surface area (Å²) in [5.41, 5.74) is 0. The van der Waals surface area contributed by atoms with Crippen molar-refractivity contribution in [2.45, 2.75) is 44.8 Å². The maximum Gasteiger partial charge on any atom is 0.411 e. The monoisotopic (exact) mass is 224 g/mol. The number of halogens is 3. The van der Waals surface area contributed by atoms with Crippen LogP contribution >= 0.6 is 0 Å². The van der Waals surface area contributed by atoms with Crippen LogP contribution in [0.25, 0.3) is 0 Å². The number of hydrogen-bond acceptors (Lipinski definition) is 3. The predicted octanol–water partition coefficient (Wildman–Crippen LogP) is 1.73. The highest BCUT2D eigenvalue weighted by molar-refractivity contribution is 5.64. The van der Waals surface area contributed by atoms with Crippen molar-refractivity contribution in [1.29, 1.82) is 0 Å². The van der Waals surface area contributed by atoms with E-state index in [1.54, 1.807) is 6.21 Å². The lowest BCUT2D eigenvalue weighted by Gasteiger charge is -2.17. The Bertz CT molecular complexity index is 230. The fourth-order valence-corrected chi connectivity index (χ4v) is 1.45. The number of hydrogen-bond donors (Lipinski definition) is 1. The molecule has 0 bridgehead atoms. The topological polar surface area (TPSA) is 33.6 Å². The maximum absolute atomic E-state index is 11.9. The summed E-state index contributed by atoms with van der Waals surface area (Å²) in [7, 11) is 0. The number of rotatable bonds is 2. The molecule has 0 saturated heterocycles. The zero-order valence-corrected chi connectivity index (χ0v) is 8.71. The summed E-state index contributed by atoms with van der Waals surface area (Å²) in [6, 6.07) is 0.167. The largest absolute Gasteiger partial charge is 0.411 e. The van der Waals surface area contributed by atoms with Crippen LogP contribution < -0.4 is 5.32 Å². The Morgan fingerprint density at radius 1 is 1.47 bits per heavy atom. The zero-order chi connectivity index (χ0) is 11.5. The van der Waals surface area contributed by atoms with Gasteiger partial charge in [0.2, 0.25) is 0 Å². The summed E-state index contributed by atoms with van der Waals surface area (Å²) in [6.07, 6.45) is -2.94. The van der Waals surface area contributed by atoms with Crippen molar-refractivity contribution in [1.82, 2.24) is 5.32 Å². The minimum atomic E-state index is -4.29. The Morgan fingerprint density at radius 2 is 2.13 bits per heavy atom. The number of nitrogens with one attached hydrogen (secondary N) is 1. The lowest BCUT2D eigenvalue weighted by molar-refractivity contribution is -0.185. The second-order valence-electron chi connectivity index (χ2n) is 3.77. The molecular weight excluding hydrogens is 209 g/mol. The Morgan fingerprint density at radius 3 is 2.73 bits per heavy atom. The van der Waals surface area contributed by atoms with Gasteiger partial charge in [-0.1, -0.05) is 0 Å². The normalized spacial score (nSPS) is 32.7. The Labute approximate surface area is 86.7 Å². The van der Waals surface area contributed by atoms with Gasteiger partial charge in [0.15, 0.2) is 0 Å². The van der Waals surface area contributed by atoms with Gasteiger partial charge in [-0.15, -0.1) is 0 Å². The molecule has 0 aliphatic carbocycles. The van der Waals surface area contributed by atoms with E-state index in [1.807, 2.05) is 13.8 Å². The van der Waals surface area contributed by atoms with Crippen LogP contribution in [0.4, 0.5) is 13.2 Å². The summed E-state index contributed by atoms with van der Waals surface area (Å²) in [6.45, 7) is 2.55. The summed E-state index contributed by atoms with van der Waals surface area (Å²) >= 11 is 0. The van der Waals surface area contributed by atoms with Gasteiger partial charge in [-0.3, -0.25) is 4.99 Å². The molecule has 0 aromatic carbocycles. The van der Waals surface area contributed by atoms with Gasteiger partial charge in [-0.2, -0.15) is 13.2 Å². The molecule has 6 heteroatoms. The van der Waals surface area contributed by atoms with E-state index in [0.717, 1.165) is 0 Å². The Balaban J connectivity index is 2.44. The summed E-state index contributed by atoms with van der Waals surface area (Å²) in [5, 5.41) is 3.16. The first-order valence-corrected chi connectivity index (χ1v) is 4.84. The van der Waals surface area contributed by atoms with Gasteiger partial charge >= 0.3 is 6.18 Å². The number of alkyl halides is 3. The van der Waals surface area contributed by atoms with E-state index in [4.69, 9.17) is 0 Å². The van der Waals surface area contributed by atoms with Gasteiger partial charge in [0, 0.05) is 24.7 Å². The smallest absolute Gasteiger partial charge is 0.347 e. The van der Waals surface area contributed by atoms with E-state index >= 15 is 0 Å². The average Bonchev–Trinajstić information content (AvgIpc) is 2.22. The van der Waals surface area contributed by atoms with Gasteiger partial charge in [0.25, 0.3) is 0 Å². The molecule has 0 aromatic rings. The molecule has 0 saturated carbocycles. The third kappa shape index (κ3) is 5.13. The third-order valence-electron chi connectivity index (χ3n) is 2.02. The SMILES string of the molecule is CC1C=NC(OCC(F)(F)F)CC(C)N1. The minimum absolute atomic E-state index is 0.0690. The standard InChI is InChI=1S/C9H15F3N2O/c1-6-3-8(13-4-7(2)14-6)15-5-9(10,11)12/h4,6-8,14H,3,5H2,1-2H3. The lowest BCUT2D eigenvalue weighted by atomic mass is 10.2. The first-order valence-electron chi connectivity index (χ1n) is 4.84. The van der Waals surface area contributed by atoms with Crippen molar-refractivity contribution in [2.75, 3.05) is 6.61 Å². The molecule has 0 amide bonds. The Hall–Kier alpha value is -0.620. The van der Waals surface area contributed by atoms with Crippen LogP contribution in [-0.2, 0) is 4.74 Å². The van der Waals surface area contributed by atoms with Crippen molar-refractivity contribution in [3.63, 3.8) is 0 Å². The van der Waals surface area contributed by atoms with Crippen LogP contribution in [0.3, 0.4) is 0 Å². The molecule has 1 N–H and O–H groups in total. The average molecular weight is 224 g/mol. The second-order valence-corrected chi connectivity index (χ2v) is 3.77. The van der Waals surface area contributed by atoms with Gasteiger partial charge in [0.1, 0.15) is 12.8 Å². The van der Waals surface area contributed by atoms with Crippen LogP contribution in [0.2, 0.25) is 0 Å². The van der Waals surface area contributed by atoms with Crippen molar-refractivity contribution < 1.29 is 17.9 Å². The molecule has 15 heavy (non-hydrogen) atoms. The van der Waals surface area contributed by atoms with Gasteiger partial charge < -0.3 is 10.1 Å². The van der Waals surface area contributed by atoms with Gasteiger partial charge in [0.05, 0.1) is 0 Å². The van der Waals surface area contributed by atoms with Crippen molar-refractivity contribution in [2.24, 2.45) is 4.99 Å². The molecule has 1 heterocycles.